The van der Waals surface area contributed by atoms with Crippen LogP contribution < -0.4 is 4.74 Å². The number of hydrogen-bond acceptors (Lipinski definition) is 3. The molecule has 0 unspecified atom stereocenters. The SMILES string of the molecule is O=C(O)COc1ccc(C=CC(=O)c2ccccc2Br)cc1. The number of carbonyl (C=O) groups excluding carboxylic acids is 1. The van der Waals surface area contributed by atoms with E-state index >= 15 is 0 Å². The van der Waals surface area contributed by atoms with Crippen LogP contribution >= 0.6 is 15.9 Å². The molecule has 0 atom stereocenters. The molecule has 0 radical (unpaired) electrons. The molecule has 0 spiro atoms. The average molecular weight is 361 g/mol. The molecule has 2 rings (SSSR count). The van der Waals surface area contributed by atoms with E-state index in [1.165, 1.54) is 6.08 Å². The van der Waals surface area contributed by atoms with Gasteiger partial charge in [-0.05, 0) is 35.9 Å². The van der Waals surface area contributed by atoms with Crippen LogP contribution in [-0.2, 0) is 4.79 Å². The lowest BCUT2D eigenvalue weighted by Gasteiger charge is -2.03. The fourth-order valence-electron chi connectivity index (χ4n) is 1.74. The number of carboxylic acid groups (broad SMARTS) is 1. The van der Waals surface area contributed by atoms with E-state index in [1.54, 1.807) is 42.5 Å². The highest BCUT2D eigenvalue weighted by Gasteiger charge is 2.05. The first-order valence-corrected chi connectivity index (χ1v) is 7.27. The van der Waals surface area contributed by atoms with Crippen LogP contribution in [-0.4, -0.2) is 23.5 Å². The van der Waals surface area contributed by atoms with Crippen molar-refractivity contribution < 1.29 is 19.4 Å². The number of allylic oxidation sites excluding steroid dienone is 1. The Balaban J connectivity index is 2.02. The van der Waals surface area contributed by atoms with Crippen LogP contribution in [0, 0.1) is 0 Å². The van der Waals surface area contributed by atoms with E-state index in [1.807, 2.05) is 12.1 Å². The summed E-state index contributed by atoms with van der Waals surface area (Å²) in [5.74, 6) is -0.654. The van der Waals surface area contributed by atoms with Crippen LogP contribution in [0.4, 0.5) is 0 Å². The molecule has 0 amide bonds. The Kier molecular flexibility index (Phi) is 5.49. The van der Waals surface area contributed by atoms with Crippen molar-refractivity contribution >= 4 is 33.8 Å². The normalized spacial score (nSPS) is 10.6. The number of hydrogen-bond donors (Lipinski definition) is 1. The zero-order valence-corrected chi connectivity index (χ0v) is 13.1. The second kappa shape index (κ2) is 7.56. The van der Waals surface area contributed by atoms with E-state index in [4.69, 9.17) is 9.84 Å². The minimum Gasteiger partial charge on any atom is -0.482 e. The van der Waals surface area contributed by atoms with E-state index in [0.717, 1.165) is 10.0 Å². The third kappa shape index (κ3) is 4.56. The zero-order chi connectivity index (χ0) is 15.9. The molecule has 0 bridgehead atoms. The van der Waals surface area contributed by atoms with E-state index in [2.05, 4.69) is 15.9 Å². The molecule has 0 saturated carbocycles. The average Bonchev–Trinajstić information content (AvgIpc) is 2.52. The topological polar surface area (TPSA) is 63.6 Å². The number of carbonyl (C=O) groups is 2. The second-order valence-electron chi connectivity index (χ2n) is 4.43. The summed E-state index contributed by atoms with van der Waals surface area (Å²) in [4.78, 5) is 22.5. The molecule has 0 fully saturated rings. The molecule has 112 valence electrons. The van der Waals surface area contributed by atoms with E-state index in [0.29, 0.717) is 11.3 Å². The summed E-state index contributed by atoms with van der Waals surface area (Å²) < 4.78 is 5.79. The van der Waals surface area contributed by atoms with Crippen molar-refractivity contribution in [1.82, 2.24) is 0 Å². The van der Waals surface area contributed by atoms with Crippen molar-refractivity contribution in [2.75, 3.05) is 6.61 Å². The number of halogens is 1. The minimum atomic E-state index is -1.02. The largest absolute Gasteiger partial charge is 0.482 e. The number of rotatable bonds is 6. The highest BCUT2D eigenvalue weighted by Crippen LogP contribution is 2.18. The van der Waals surface area contributed by atoms with Gasteiger partial charge >= 0.3 is 5.97 Å². The van der Waals surface area contributed by atoms with Crippen molar-refractivity contribution in [1.29, 1.82) is 0 Å². The van der Waals surface area contributed by atoms with E-state index in [9.17, 15) is 9.59 Å². The molecule has 0 aliphatic carbocycles. The summed E-state index contributed by atoms with van der Waals surface area (Å²) >= 11 is 3.34. The fourth-order valence-corrected chi connectivity index (χ4v) is 2.22. The maximum Gasteiger partial charge on any atom is 0.341 e. The lowest BCUT2D eigenvalue weighted by Crippen LogP contribution is -2.09. The van der Waals surface area contributed by atoms with Gasteiger partial charge in [0, 0.05) is 10.0 Å². The maximum absolute atomic E-state index is 12.1. The number of aliphatic carboxylic acids is 1. The predicted octanol–water partition coefficient (Wildman–Crippen LogP) is 3.81. The zero-order valence-electron chi connectivity index (χ0n) is 11.5. The first kappa shape index (κ1) is 16.0. The van der Waals surface area contributed by atoms with E-state index < -0.39 is 5.97 Å². The summed E-state index contributed by atoms with van der Waals surface area (Å²) in [5.41, 5.74) is 1.42. The molecule has 0 aliphatic heterocycles. The van der Waals surface area contributed by atoms with Gasteiger partial charge in [-0.25, -0.2) is 4.79 Å². The predicted molar refractivity (Wildman–Crippen MR) is 87.1 cm³/mol. The summed E-state index contributed by atoms with van der Waals surface area (Å²) in [6.07, 6.45) is 3.19. The van der Waals surface area contributed by atoms with Crippen LogP contribution in [0.5, 0.6) is 5.75 Å². The summed E-state index contributed by atoms with van der Waals surface area (Å²) in [6, 6.07) is 14.0. The molecule has 0 aromatic heterocycles. The van der Waals surface area contributed by atoms with Crippen LogP contribution in [0.25, 0.3) is 6.08 Å². The number of ether oxygens (including phenoxy) is 1. The Bertz CT molecular complexity index is 705. The lowest BCUT2D eigenvalue weighted by molar-refractivity contribution is -0.139. The molecule has 1 N–H and O–H groups in total. The quantitative estimate of drug-likeness (QED) is 0.628. The molecule has 0 aliphatic rings. The first-order valence-electron chi connectivity index (χ1n) is 6.48. The Labute approximate surface area is 136 Å². The second-order valence-corrected chi connectivity index (χ2v) is 5.28. The standard InChI is InChI=1S/C17H13BrO4/c18-15-4-2-1-3-14(15)16(19)10-7-12-5-8-13(9-6-12)22-11-17(20)21/h1-10H,11H2,(H,20,21). The van der Waals surface area contributed by atoms with Gasteiger partial charge in [0.15, 0.2) is 12.4 Å². The molecular weight excluding hydrogens is 348 g/mol. The van der Waals surface area contributed by atoms with Crippen LogP contribution in [0.3, 0.4) is 0 Å². The Morgan fingerprint density at radius 3 is 2.41 bits per heavy atom. The van der Waals surface area contributed by atoms with Crippen molar-refractivity contribution in [3.63, 3.8) is 0 Å². The van der Waals surface area contributed by atoms with Crippen molar-refractivity contribution in [2.45, 2.75) is 0 Å². The fraction of sp³-hybridized carbons (Fsp3) is 0.0588. The molecule has 2 aromatic rings. The Hall–Kier alpha value is -2.40. The van der Waals surface area contributed by atoms with Gasteiger partial charge < -0.3 is 9.84 Å². The Morgan fingerprint density at radius 1 is 1.09 bits per heavy atom. The summed E-state index contributed by atoms with van der Waals surface area (Å²) in [7, 11) is 0. The van der Waals surface area contributed by atoms with Gasteiger partial charge in [0.1, 0.15) is 5.75 Å². The summed E-state index contributed by atoms with van der Waals surface area (Å²) in [5, 5.41) is 8.53. The number of carboxylic acids is 1. The lowest BCUT2D eigenvalue weighted by atomic mass is 10.1. The molecule has 0 saturated heterocycles. The highest BCUT2D eigenvalue weighted by atomic mass is 79.9. The third-order valence-corrected chi connectivity index (χ3v) is 3.50. The highest BCUT2D eigenvalue weighted by molar-refractivity contribution is 9.10. The molecule has 5 heteroatoms. The third-order valence-electron chi connectivity index (χ3n) is 2.81. The van der Waals surface area contributed by atoms with Crippen molar-refractivity contribution in [2.24, 2.45) is 0 Å². The van der Waals surface area contributed by atoms with Crippen LogP contribution in [0.15, 0.2) is 59.1 Å². The van der Waals surface area contributed by atoms with E-state index in [-0.39, 0.29) is 12.4 Å². The van der Waals surface area contributed by atoms with Gasteiger partial charge in [0.25, 0.3) is 0 Å². The van der Waals surface area contributed by atoms with Gasteiger partial charge in [-0.1, -0.05) is 46.3 Å². The maximum atomic E-state index is 12.1. The smallest absolute Gasteiger partial charge is 0.341 e. The molecule has 0 heterocycles. The number of benzene rings is 2. The molecule has 22 heavy (non-hydrogen) atoms. The summed E-state index contributed by atoms with van der Waals surface area (Å²) in [6.45, 7) is -0.379. The van der Waals surface area contributed by atoms with Gasteiger partial charge in [-0.3, -0.25) is 4.79 Å². The van der Waals surface area contributed by atoms with Crippen molar-refractivity contribution in [3.8, 4) is 5.75 Å². The van der Waals surface area contributed by atoms with Gasteiger partial charge in [0.2, 0.25) is 0 Å². The monoisotopic (exact) mass is 360 g/mol. The Morgan fingerprint density at radius 2 is 1.77 bits per heavy atom. The van der Waals surface area contributed by atoms with Crippen molar-refractivity contribution in [3.05, 3.63) is 70.2 Å². The van der Waals surface area contributed by atoms with Crippen LogP contribution in [0.2, 0.25) is 0 Å². The molecular formula is C17H13BrO4. The first-order chi connectivity index (χ1) is 10.6. The van der Waals surface area contributed by atoms with Gasteiger partial charge in [-0.15, -0.1) is 0 Å². The van der Waals surface area contributed by atoms with Gasteiger partial charge in [-0.2, -0.15) is 0 Å². The van der Waals surface area contributed by atoms with Crippen LogP contribution in [0.1, 0.15) is 15.9 Å². The van der Waals surface area contributed by atoms with Gasteiger partial charge in [0.05, 0.1) is 0 Å². The molecule has 4 nitrogen and oxygen atoms in total. The minimum absolute atomic E-state index is 0.0984. The number of ketones is 1. The molecule has 2 aromatic carbocycles.